The highest BCUT2D eigenvalue weighted by Crippen LogP contribution is 2.26. The van der Waals surface area contributed by atoms with Crippen LogP contribution in [0.5, 0.6) is 0 Å². The minimum absolute atomic E-state index is 0.0400. The number of hydrogen-bond acceptors (Lipinski definition) is 4. The Hall–Kier alpha value is -1.34. The molecule has 1 saturated carbocycles. The molecule has 7 nitrogen and oxygen atoms in total. The molecule has 2 aliphatic heterocycles. The number of aliphatic imine (C=N–C) groups is 1. The van der Waals surface area contributed by atoms with Crippen molar-refractivity contribution in [3.8, 4) is 0 Å². The normalized spacial score (nSPS) is 25.5. The molecule has 0 aromatic rings. The average molecular weight is 407 g/mol. The van der Waals surface area contributed by atoms with E-state index in [1.807, 2.05) is 0 Å². The lowest BCUT2D eigenvalue weighted by Crippen LogP contribution is -2.52. The highest BCUT2D eigenvalue weighted by Gasteiger charge is 2.28. The van der Waals surface area contributed by atoms with Crippen LogP contribution in [-0.2, 0) is 4.79 Å². The first-order chi connectivity index (χ1) is 14.1. The van der Waals surface area contributed by atoms with E-state index in [9.17, 15) is 4.79 Å². The van der Waals surface area contributed by atoms with E-state index in [2.05, 4.69) is 32.3 Å². The third-order valence-electron chi connectivity index (χ3n) is 6.99. The molecule has 0 bridgehead atoms. The highest BCUT2D eigenvalue weighted by atomic mass is 16.2. The van der Waals surface area contributed by atoms with Crippen molar-refractivity contribution in [2.75, 3.05) is 53.4 Å². The van der Waals surface area contributed by atoms with Crippen LogP contribution in [0.15, 0.2) is 4.99 Å². The summed E-state index contributed by atoms with van der Waals surface area (Å²) in [5.41, 5.74) is 0. The van der Waals surface area contributed by atoms with E-state index in [1.54, 1.807) is 19.0 Å². The summed E-state index contributed by atoms with van der Waals surface area (Å²) in [5, 5.41) is 7.19. The summed E-state index contributed by atoms with van der Waals surface area (Å²) < 4.78 is 0. The Labute approximate surface area is 177 Å². The average Bonchev–Trinajstić information content (AvgIpc) is 3.41. The summed E-state index contributed by atoms with van der Waals surface area (Å²) in [4.78, 5) is 23.5. The van der Waals surface area contributed by atoms with Crippen molar-refractivity contribution >= 4 is 11.9 Å². The van der Waals surface area contributed by atoms with E-state index < -0.39 is 0 Å². The third kappa shape index (κ3) is 6.57. The second-order valence-electron chi connectivity index (χ2n) is 9.15. The molecule has 2 heterocycles. The summed E-state index contributed by atoms with van der Waals surface area (Å²) >= 11 is 0. The molecule has 0 radical (unpaired) electrons. The third-order valence-corrected chi connectivity index (χ3v) is 6.99. The van der Waals surface area contributed by atoms with Gasteiger partial charge in [0.05, 0.1) is 0 Å². The van der Waals surface area contributed by atoms with Crippen LogP contribution >= 0.6 is 0 Å². The van der Waals surface area contributed by atoms with Crippen molar-refractivity contribution in [2.24, 2.45) is 4.99 Å². The molecule has 3 fully saturated rings. The Morgan fingerprint density at radius 2 is 1.76 bits per heavy atom. The largest absolute Gasteiger partial charge is 0.355 e. The summed E-state index contributed by atoms with van der Waals surface area (Å²) in [6.45, 7) is 7.99. The lowest BCUT2D eigenvalue weighted by molar-refractivity contribution is -0.127. The lowest BCUT2D eigenvalue weighted by atomic mass is 10.0. The molecule has 3 aliphatic rings. The molecule has 2 saturated heterocycles. The first kappa shape index (κ1) is 22.3. The molecule has 1 aliphatic carbocycles. The number of hydrogen-bond donors (Lipinski definition) is 2. The lowest BCUT2D eigenvalue weighted by Gasteiger charge is -2.36. The fraction of sp³-hybridized carbons (Fsp3) is 0.909. The van der Waals surface area contributed by atoms with Crippen molar-refractivity contribution in [1.29, 1.82) is 0 Å². The van der Waals surface area contributed by atoms with Gasteiger partial charge in [-0.1, -0.05) is 19.8 Å². The van der Waals surface area contributed by atoms with Gasteiger partial charge in [0.2, 0.25) is 5.91 Å². The molecule has 2 N–H and O–H groups in total. The maximum absolute atomic E-state index is 12.0. The maximum Gasteiger partial charge on any atom is 0.243 e. The topological polar surface area (TPSA) is 63.2 Å². The highest BCUT2D eigenvalue weighted by molar-refractivity contribution is 5.85. The summed E-state index contributed by atoms with van der Waals surface area (Å²) in [7, 11) is 3.57. The van der Waals surface area contributed by atoms with Crippen LogP contribution in [0.3, 0.4) is 0 Å². The van der Waals surface area contributed by atoms with Gasteiger partial charge in [0.1, 0.15) is 6.54 Å². The number of guanidine groups is 1. The number of carbonyl (C=O) groups excluding carboxylic acids is 1. The molecule has 7 heteroatoms. The second kappa shape index (κ2) is 11.2. The summed E-state index contributed by atoms with van der Waals surface area (Å²) in [6.07, 6.45) is 10.4. The number of rotatable bonds is 7. The van der Waals surface area contributed by atoms with E-state index in [1.165, 1.54) is 58.2 Å². The first-order valence-electron chi connectivity index (χ1n) is 11.8. The Bertz CT molecular complexity index is 537. The van der Waals surface area contributed by atoms with Crippen LogP contribution in [0.25, 0.3) is 0 Å². The molecule has 1 unspecified atom stereocenters. The van der Waals surface area contributed by atoms with Crippen molar-refractivity contribution in [3.05, 3.63) is 0 Å². The molecule has 1 atom stereocenters. The number of piperidine rings is 1. The van der Waals surface area contributed by atoms with Crippen molar-refractivity contribution < 1.29 is 4.79 Å². The molecule has 29 heavy (non-hydrogen) atoms. The van der Waals surface area contributed by atoms with Gasteiger partial charge in [0, 0.05) is 51.9 Å². The van der Waals surface area contributed by atoms with Gasteiger partial charge < -0.3 is 20.4 Å². The maximum atomic E-state index is 12.0. The van der Waals surface area contributed by atoms with E-state index in [0.29, 0.717) is 12.1 Å². The Kier molecular flexibility index (Phi) is 8.60. The molecule has 0 spiro atoms. The Morgan fingerprint density at radius 1 is 1.03 bits per heavy atom. The number of amides is 1. The first-order valence-corrected chi connectivity index (χ1v) is 11.8. The van der Waals surface area contributed by atoms with Gasteiger partial charge in [0.25, 0.3) is 0 Å². The Morgan fingerprint density at radius 3 is 2.41 bits per heavy atom. The molecule has 0 aromatic carbocycles. The predicted octanol–water partition coefficient (Wildman–Crippen LogP) is 1.50. The van der Waals surface area contributed by atoms with Crippen LogP contribution in [0.1, 0.15) is 58.3 Å². The smallest absolute Gasteiger partial charge is 0.243 e. The zero-order valence-corrected chi connectivity index (χ0v) is 18.8. The van der Waals surface area contributed by atoms with E-state index in [4.69, 9.17) is 0 Å². The SMILES string of the molecule is CCN1CCCC1CNC(=NCC(=O)N(C)C)NC1CCN(C2CCCC2)CC1. The number of nitrogens with zero attached hydrogens (tertiary/aromatic N) is 4. The van der Waals surface area contributed by atoms with Crippen LogP contribution in [0.2, 0.25) is 0 Å². The molecule has 0 aromatic heterocycles. The minimum atomic E-state index is 0.0400. The number of likely N-dealkylation sites (tertiary alicyclic amines) is 2. The van der Waals surface area contributed by atoms with Gasteiger partial charge in [-0.25, -0.2) is 4.99 Å². The fourth-order valence-corrected chi connectivity index (χ4v) is 5.07. The number of likely N-dealkylation sites (N-methyl/N-ethyl adjacent to an activating group) is 2. The molecular weight excluding hydrogens is 364 g/mol. The summed E-state index contributed by atoms with van der Waals surface area (Å²) in [6, 6.07) is 1.84. The molecular formula is C22H42N6O. The molecule has 3 rings (SSSR count). The molecule has 166 valence electrons. The van der Waals surface area contributed by atoms with Crippen LogP contribution in [-0.4, -0.2) is 98.1 Å². The van der Waals surface area contributed by atoms with E-state index in [-0.39, 0.29) is 12.5 Å². The van der Waals surface area contributed by atoms with Crippen LogP contribution < -0.4 is 10.6 Å². The number of carbonyl (C=O) groups is 1. The van der Waals surface area contributed by atoms with Gasteiger partial charge >= 0.3 is 0 Å². The second-order valence-corrected chi connectivity index (χ2v) is 9.15. The van der Waals surface area contributed by atoms with Crippen molar-refractivity contribution in [1.82, 2.24) is 25.3 Å². The van der Waals surface area contributed by atoms with Crippen LogP contribution in [0.4, 0.5) is 0 Å². The van der Waals surface area contributed by atoms with E-state index >= 15 is 0 Å². The minimum Gasteiger partial charge on any atom is -0.355 e. The van der Waals surface area contributed by atoms with Crippen molar-refractivity contribution in [3.63, 3.8) is 0 Å². The van der Waals surface area contributed by atoms with Gasteiger partial charge in [0.15, 0.2) is 5.96 Å². The van der Waals surface area contributed by atoms with Gasteiger partial charge in [-0.15, -0.1) is 0 Å². The fourth-order valence-electron chi connectivity index (χ4n) is 5.07. The predicted molar refractivity (Wildman–Crippen MR) is 119 cm³/mol. The quantitative estimate of drug-likeness (QED) is 0.496. The summed E-state index contributed by atoms with van der Waals surface area (Å²) in [5.74, 6) is 0.848. The van der Waals surface area contributed by atoms with Gasteiger partial charge in [-0.05, 0) is 51.6 Å². The molecule has 1 amide bonds. The van der Waals surface area contributed by atoms with Crippen LogP contribution in [0, 0.1) is 0 Å². The number of nitrogens with one attached hydrogen (secondary N) is 2. The van der Waals surface area contributed by atoms with E-state index in [0.717, 1.165) is 37.9 Å². The zero-order valence-electron chi connectivity index (χ0n) is 18.8. The monoisotopic (exact) mass is 406 g/mol. The Balaban J connectivity index is 1.51. The van der Waals surface area contributed by atoms with Crippen molar-refractivity contribution in [2.45, 2.75) is 76.4 Å². The standard InChI is InChI=1S/C22H42N6O/c1-4-27-13-7-10-20(27)16-23-22(24-17-21(29)26(2)3)25-18-11-14-28(15-12-18)19-8-5-6-9-19/h18-20H,4-17H2,1-3H3,(H2,23,24,25). The zero-order chi connectivity index (χ0) is 20.6. The van der Waals surface area contributed by atoms with Gasteiger partial charge in [-0.2, -0.15) is 0 Å². The van der Waals surface area contributed by atoms with Gasteiger partial charge in [-0.3, -0.25) is 9.69 Å².